The van der Waals surface area contributed by atoms with Gasteiger partial charge in [0.2, 0.25) is 5.12 Å². The molecule has 1 aromatic carbocycles. The predicted molar refractivity (Wildman–Crippen MR) is 98.0 cm³/mol. The van der Waals surface area contributed by atoms with Gasteiger partial charge in [0.05, 0.1) is 18.7 Å². The van der Waals surface area contributed by atoms with E-state index in [-0.39, 0.29) is 5.12 Å². The van der Waals surface area contributed by atoms with Gasteiger partial charge in [0.1, 0.15) is 10.1 Å². The molecule has 0 saturated carbocycles. The van der Waals surface area contributed by atoms with Crippen LogP contribution in [0.25, 0.3) is 6.08 Å². The lowest BCUT2D eigenvalue weighted by Gasteiger charge is -2.10. The molecule has 0 unspecified atom stereocenters. The number of hydrogen-bond acceptors (Lipinski definition) is 6. The molecule has 1 aromatic rings. The largest absolute Gasteiger partial charge is 0.493 e. The van der Waals surface area contributed by atoms with Crippen molar-refractivity contribution in [2.45, 2.75) is 13.3 Å². The van der Waals surface area contributed by atoms with Gasteiger partial charge in [-0.3, -0.25) is 4.79 Å². The second-order valence-electron chi connectivity index (χ2n) is 4.38. The molecule has 118 valence electrons. The van der Waals surface area contributed by atoms with Crippen molar-refractivity contribution < 1.29 is 14.3 Å². The van der Waals surface area contributed by atoms with E-state index >= 15 is 0 Å². The van der Waals surface area contributed by atoms with Crippen molar-refractivity contribution >= 4 is 55.0 Å². The average molecular weight is 402 g/mol. The smallest absolute Gasteiger partial charge is 0.244 e. The molecule has 2 rings (SSSR count). The summed E-state index contributed by atoms with van der Waals surface area (Å²) in [7, 11) is 3.16. The Hall–Kier alpha value is -0.920. The number of benzene rings is 1. The Labute approximate surface area is 146 Å². The number of carbonyl (C=O) groups is 1. The number of rotatable bonds is 5. The SMILES string of the molecule is CCCSC1=N/C(=C/c2cc(Br)c(OC)c(OC)c2)C(=O)S1. The van der Waals surface area contributed by atoms with Gasteiger partial charge >= 0.3 is 0 Å². The van der Waals surface area contributed by atoms with Crippen LogP contribution in [0.15, 0.2) is 27.3 Å². The van der Waals surface area contributed by atoms with Crippen molar-refractivity contribution in [3.05, 3.63) is 27.9 Å². The molecule has 0 atom stereocenters. The lowest BCUT2D eigenvalue weighted by atomic mass is 10.1. The molecule has 7 heteroatoms. The Morgan fingerprint density at radius 2 is 2.14 bits per heavy atom. The summed E-state index contributed by atoms with van der Waals surface area (Å²) in [6, 6.07) is 3.69. The van der Waals surface area contributed by atoms with Crippen molar-refractivity contribution in [1.29, 1.82) is 0 Å². The van der Waals surface area contributed by atoms with Crippen molar-refractivity contribution in [3.8, 4) is 11.5 Å². The number of aliphatic imine (C=N–C) groups is 1. The Bertz CT molecular complexity index is 644. The van der Waals surface area contributed by atoms with Crippen molar-refractivity contribution in [3.63, 3.8) is 0 Å². The van der Waals surface area contributed by atoms with Gasteiger partial charge in [0.15, 0.2) is 11.5 Å². The molecule has 1 aliphatic rings. The monoisotopic (exact) mass is 401 g/mol. The fraction of sp³-hybridized carbons (Fsp3) is 0.333. The van der Waals surface area contributed by atoms with Crippen molar-refractivity contribution in [2.75, 3.05) is 20.0 Å². The molecule has 0 amide bonds. The standard InChI is InChI=1S/C15H16BrNO3S2/c1-4-5-21-15-17-11(14(18)22-15)7-9-6-10(16)13(20-3)12(8-9)19-2/h6-8H,4-5H2,1-3H3/b11-7+. The molecule has 0 bridgehead atoms. The molecule has 0 N–H and O–H groups in total. The number of methoxy groups -OCH3 is 2. The van der Waals surface area contributed by atoms with Gasteiger partial charge in [0, 0.05) is 0 Å². The highest BCUT2D eigenvalue weighted by atomic mass is 79.9. The van der Waals surface area contributed by atoms with Crippen molar-refractivity contribution in [1.82, 2.24) is 0 Å². The summed E-state index contributed by atoms with van der Waals surface area (Å²) in [6.45, 7) is 2.10. The summed E-state index contributed by atoms with van der Waals surface area (Å²) < 4.78 is 12.2. The topological polar surface area (TPSA) is 47.9 Å². The zero-order valence-electron chi connectivity index (χ0n) is 12.5. The van der Waals surface area contributed by atoms with E-state index in [1.807, 2.05) is 12.1 Å². The van der Waals surface area contributed by atoms with Crippen molar-refractivity contribution in [2.24, 2.45) is 4.99 Å². The summed E-state index contributed by atoms with van der Waals surface area (Å²) in [5.41, 5.74) is 1.29. The number of nitrogens with zero attached hydrogens (tertiary/aromatic N) is 1. The van der Waals surface area contributed by atoms with E-state index in [0.717, 1.165) is 26.6 Å². The first kappa shape index (κ1) is 17.4. The molecule has 0 aliphatic carbocycles. The Morgan fingerprint density at radius 3 is 2.77 bits per heavy atom. The first-order valence-electron chi connectivity index (χ1n) is 6.66. The third kappa shape index (κ3) is 4.08. The second kappa shape index (κ2) is 8.08. The van der Waals surface area contributed by atoms with E-state index in [1.54, 1.807) is 32.1 Å². The summed E-state index contributed by atoms with van der Waals surface area (Å²) in [5, 5.41) is -0.0236. The molecule has 0 aromatic heterocycles. The Kier molecular flexibility index (Phi) is 6.40. The first-order chi connectivity index (χ1) is 10.6. The van der Waals surface area contributed by atoms with Crippen LogP contribution in [0.5, 0.6) is 11.5 Å². The van der Waals surface area contributed by atoms with E-state index in [4.69, 9.17) is 9.47 Å². The molecule has 4 nitrogen and oxygen atoms in total. The number of halogens is 1. The number of ether oxygens (including phenoxy) is 2. The first-order valence-corrected chi connectivity index (χ1v) is 9.25. The van der Waals surface area contributed by atoms with E-state index < -0.39 is 0 Å². The van der Waals surface area contributed by atoms with Crippen LogP contribution in [0.4, 0.5) is 0 Å². The highest BCUT2D eigenvalue weighted by Gasteiger charge is 2.22. The van der Waals surface area contributed by atoms with Gasteiger partial charge in [-0.25, -0.2) is 4.99 Å². The molecule has 0 radical (unpaired) electrons. The van der Waals surface area contributed by atoms with Gasteiger partial charge in [-0.15, -0.1) is 0 Å². The third-order valence-electron chi connectivity index (χ3n) is 2.79. The second-order valence-corrected chi connectivity index (χ2v) is 7.54. The Balaban J connectivity index is 2.31. The van der Waals surface area contributed by atoms with E-state index in [0.29, 0.717) is 17.2 Å². The van der Waals surface area contributed by atoms with Gasteiger partial charge in [-0.05, 0) is 63.6 Å². The molecule has 0 fully saturated rings. The third-order valence-corrected chi connectivity index (χ3v) is 5.59. The zero-order chi connectivity index (χ0) is 16.1. The van der Waals surface area contributed by atoms with Gasteiger partial charge < -0.3 is 9.47 Å². The van der Waals surface area contributed by atoms with E-state index in [1.165, 1.54) is 11.8 Å². The van der Waals surface area contributed by atoms with Crippen LogP contribution in [0.1, 0.15) is 18.9 Å². The van der Waals surface area contributed by atoms with Gasteiger partial charge in [-0.2, -0.15) is 0 Å². The quantitative estimate of drug-likeness (QED) is 0.675. The highest BCUT2D eigenvalue weighted by Crippen LogP contribution is 2.38. The maximum absolute atomic E-state index is 12.0. The molecule has 0 spiro atoms. The minimum Gasteiger partial charge on any atom is -0.493 e. The summed E-state index contributed by atoms with van der Waals surface area (Å²) in [6.07, 6.45) is 2.82. The van der Waals surface area contributed by atoms with E-state index in [9.17, 15) is 4.79 Å². The minimum atomic E-state index is -0.0236. The average Bonchev–Trinajstić information content (AvgIpc) is 2.84. The summed E-state index contributed by atoms with van der Waals surface area (Å²) in [5.74, 6) is 2.19. The molecule has 22 heavy (non-hydrogen) atoms. The van der Waals surface area contributed by atoms with Crippen LogP contribution in [-0.4, -0.2) is 29.5 Å². The maximum Gasteiger partial charge on any atom is 0.244 e. The predicted octanol–water partition coefficient (Wildman–Crippen LogP) is 4.58. The van der Waals surface area contributed by atoms with Crippen LogP contribution in [0, 0.1) is 0 Å². The van der Waals surface area contributed by atoms with E-state index in [2.05, 4.69) is 27.8 Å². The lowest BCUT2D eigenvalue weighted by Crippen LogP contribution is -1.93. The molecule has 1 heterocycles. The maximum atomic E-state index is 12.0. The fourth-order valence-corrected chi connectivity index (χ4v) is 4.21. The fourth-order valence-electron chi connectivity index (χ4n) is 1.82. The number of carbonyl (C=O) groups excluding carboxylic acids is 1. The molecular formula is C15H16BrNO3S2. The number of thioether (sulfide) groups is 2. The van der Waals surface area contributed by atoms with Gasteiger partial charge in [-0.1, -0.05) is 18.7 Å². The highest BCUT2D eigenvalue weighted by molar-refractivity contribution is 9.10. The molecular weight excluding hydrogens is 386 g/mol. The minimum absolute atomic E-state index is 0.0236. The van der Waals surface area contributed by atoms with Crippen LogP contribution < -0.4 is 9.47 Å². The van der Waals surface area contributed by atoms with Crippen LogP contribution >= 0.6 is 39.5 Å². The van der Waals surface area contributed by atoms with Gasteiger partial charge in [0.25, 0.3) is 0 Å². The van der Waals surface area contributed by atoms with Crippen LogP contribution in [-0.2, 0) is 4.79 Å². The Morgan fingerprint density at radius 1 is 1.36 bits per heavy atom. The molecule has 1 aliphatic heterocycles. The lowest BCUT2D eigenvalue weighted by molar-refractivity contribution is -0.107. The summed E-state index contributed by atoms with van der Waals surface area (Å²) >= 11 is 6.25. The van der Waals surface area contributed by atoms with Crippen LogP contribution in [0.2, 0.25) is 0 Å². The summed E-state index contributed by atoms with van der Waals surface area (Å²) in [4.78, 5) is 16.4. The number of hydrogen-bond donors (Lipinski definition) is 0. The normalized spacial score (nSPS) is 16.1. The van der Waals surface area contributed by atoms with Crippen LogP contribution in [0.3, 0.4) is 0 Å². The molecule has 0 saturated heterocycles. The zero-order valence-corrected chi connectivity index (χ0v) is 15.7.